The lowest BCUT2D eigenvalue weighted by atomic mass is 9.69. The van der Waals surface area contributed by atoms with Gasteiger partial charge < -0.3 is 4.74 Å². The van der Waals surface area contributed by atoms with Crippen LogP contribution in [0.1, 0.15) is 38.5 Å². The van der Waals surface area contributed by atoms with Crippen molar-refractivity contribution in [3.8, 4) is 0 Å². The molecular weight excluding hydrogens is 234 g/mol. The van der Waals surface area contributed by atoms with Crippen LogP contribution >= 0.6 is 0 Å². The predicted octanol–water partition coefficient (Wildman–Crippen LogP) is 4.08. The molecule has 0 heterocycles. The fourth-order valence-electron chi connectivity index (χ4n) is 3.67. The summed E-state index contributed by atoms with van der Waals surface area (Å²) in [6, 6.07) is 0. The highest BCUT2D eigenvalue weighted by Gasteiger charge is 2.44. The zero-order valence-electron chi connectivity index (χ0n) is 11.2. The molecule has 18 heavy (non-hydrogen) atoms. The van der Waals surface area contributed by atoms with E-state index in [0.717, 1.165) is 32.1 Å². The van der Waals surface area contributed by atoms with Gasteiger partial charge in [0.25, 0.3) is 0 Å². The summed E-state index contributed by atoms with van der Waals surface area (Å²) < 4.78 is 33.1. The molecule has 2 aliphatic rings. The minimum absolute atomic E-state index is 0.0998. The molecule has 0 aromatic heterocycles. The Balaban J connectivity index is 1.92. The summed E-state index contributed by atoms with van der Waals surface area (Å²) in [5.74, 6) is 0.834. The molecule has 2 aliphatic carbocycles. The van der Waals surface area contributed by atoms with Crippen LogP contribution in [-0.4, -0.2) is 25.6 Å². The van der Waals surface area contributed by atoms with Crippen LogP contribution in [0.5, 0.6) is 0 Å². The van der Waals surface area contributed by atoms with Crippen LogP contribution in [0.2, 0.25) is 0 Å². The third kappa shape index (κ3) is 2.76. The minimum atomic E-state index is -1.44. The Hall–Kier alpha value is -0.440. The van der Waals surface area contributed by atoms with Crippen LogP contribution in [0, 0.1) is 17.8 Å². The molecule has 0 amide bonds. The fourth-order valence-corrected chi connectivity index (χ4v) is 3.67. The molecule has 0 aromatic carbocycles. The SMILES string of the molecule is C=CC1CCC([C@@H]2CCC(OC)C(F)C2F)CC1. The first-order valence-corrected chi connectivity index (χ1v) is 7.10. The monoisotopic (exact) mass is 258 g/mol. The van der Waals surface area contributed by atoms with Gasteiger partial charge in [-0.15, -0.1) is 6.58 Å². The Kier molecular flexibility index (Phi) is 4.77. The van der Waals surface area contributed by atoms with E-state index in [9.17, 15) is 8.78 Å². The first-order valence-electron chi connectivity index (χ1n) is 7.10. The zero-order chi connectivity index (χ0) is 13.1. The van der Waals surface area contributed by atoms with E-state index in [-0.39, 0.29) is 5.92 Å². The first kappa shape index (κ1) is 14.0. The maximum Gasteiger partial charge on any atom is 0.157 e. The Labute approximate surface area is 109 Å². The predicted molar refractivity (Wildman–Crippen MR) is 69.0 cm³/mol. The van der Waals surface area contributed by atoms with E-state index in [4.69, 9.17) is 4.74 Å². The third-order valence-electron chi connectivity index (χ3n) is 4.91. The number of halogens is 2. The van der Waals surface area contributed by atoms with Gasteiger partial charge in [-0.05, 0) is 56.3 Å². The molecule has 4 atom stereocenters. The summed E-state index contributed by atoms with van der Waals surface area (Å²) in [5, 5.41) is 0. The molecule has 2 fully saturated rings. The number of allylic oxidation sites excluding steroid dienone is 1. The molecule has 0 spiro atoms. The Morgan fingerprint density at radius 3 is 2.22 bits per heavy atom. The topological polar surface area (TPSA) is 9.23 Å². The Bertz CT molecular complexity index is 274. The van der Waals surface area contributed by atoms with Crippen molar-refractivity contribution in [2.24, 2.45) is 17.8 Å². The number of hydrogen-bond donors (Lipinski definition) is 0. The molecule has 0 saturated heterocycles. The highest BCUT2D eigenvalue weighted by atomic mass is 19.2. The quantitative estimate of drug-likeness (QED) is 0.693. The molecule has 2 rings (SSSR count). The summed E-state index contributed by atoms with van der Waals surface area (Å²) in [4.78, 5) is 0. The molecule has 0 aliphatic heterocycles. The van der Waals surface area contributed by atoms with E-state index in [2.05, 4.69) is 6.58 Å². The first-order chi connectivity index (χ1) is 8.67. The van der Waals surface area contributed by atoms with Crippen molar-refractivity contribution < 1.29 is 13.5 Å². The van der Waals surface area contributed by atoms with Crippen LogP contribution in [0.4, 0.5) is 8.78 Å². The second-order valence-corrected chi connectivity index (χ2v) is 5.81. The van der Waals surface area contributed by atoms with Gasteiger partial charge in [0.1, 0.15) is 6.17 Å². The normalized spacial score (nSPS) is 45.7. The lowest BCUT2D eigenvalue weighted by Crippen LogP contribution is -2.45. The smallest absolute Gasteiger partial charge is 0.157 e. The lowest BCUT2D eigenvalue weighted by molar-refractivity contribution is -0.0714. The van der Waals surface area contributed by atoms with E-state index in [1.807, 2.05) is 6.08 Å². The lowest BCUT2D eigenvalue weighted by Gasteiger charge is -2.40. The van der Waals surface area contributed by atoms with Crippen LogP contribution in [0.15, 0.2) is 12.7 Å². The fraction of sp³-hybridized carbons (Fsp3) is 0.867. The largest absolute Gasteiger partial charge is 0.378 e. The number of methoxy groups -OCH3 is 1. The Morgan fingerprint density at radius 2 is 1.67 bits per heavy atom. The highest BCUT2D eigenvalue weighted by molar-refractivity contribution is 4.94. The zero-order valence-corrected chi connectivity index (χ0v) is 11.2. The standard InChI is InChI=1S/C15H24F2O/c1-3-10-4-6-11(7-5-10)12-8-9-13(18-2)15(17)14(12)16/h3,10-15H,1,4-9H2,2H3/t10?,11?,12-,13?,14?,15?/m0/s1. The van der Waals surface area contributed by atoms with Gasteiger partial charge in [0.05, 0.1) is 6.10 Å². The molecule has 0 aromatic rings. The van der Waals surface area contributed by atoms with Crippen LogP contribution < -0.4 is 0 Å². The third-order valence-corrected chi connectivity index (χ3v) is 4.91. The number of hydrogen-bond acceptors (Lipinski definition) is 1. The van der Waals surface area contributed by atoms with E-state index in [1.165, 1.54) is 7.11 Å². The number of ether oxygens (including phenoxy) is 1. The summed E-state index contributed by atoms with van der Waals surface area (Å²) >= 11 is 0. The molecule has 0 radical (unpaired) electrons. The average molecular weight is 258 g/mol. The van der Waals surface area contributed by atoms with Crippen molar-refractivity contribution in [2.75, 3.05) is 7.11 Å². The van der Waals surface area contributed by atoms with Crippen molar-refractivity contribution in [2.45, 2.75) is 57.0 Å². The van der Waals surface area contributed by atoms with E-state index in [1.54, 1.807) is 0 Å². The van der Waals surface area contributed by atoms with Crippen LogP contribution in [0.25, 0.3) is 0 Å². The van der Waals surface area contributed by atoms with Gasteiger partial charge in [0.2, 0.25) is 0 Å². The minimum Gasteiger partial charge on any atom is -0.378 e. The average Bonchev–Trinajstić information content (AvgIpc) is 2.42. The summed E-state index contributed by atoms with van der Waals surface area (Å²) in [7, 11) is 1.47. The molecular formula is C15H24F2O. The van der Waals surface area contributed by atoms with Gasteiger partial charge in [-0.3, -0.25) is 0 Å². The van der Waals surface area contributed by atoms with E-state index < -0.39 is 18.4 Å². The van der Waals surface area contributed by atoms with Gasteiger partial charge in [-0.2, -0.15) is 0 Å². The molecule has 3 unspecified atom stereocenters. The van der Waals surface area contributed by atoms with Gasteiger partial charge >= 0.3 is 0 Å². The van der Waals surface area contributed by atoms with Crippen molar-refractivity contribution in [3.63, 3.8) is 0 Å². The molecule has 0 N–H and O–H groups in total. The van der Waals surface area contributed by atoms with Crippen molar-refractivity contribution in [1.82, 2.24) is 0 Å². The maximum absolute atomic E-state index is 14.2. The molecule has 1 nitrogen and oxygen atoms in total. The van der Waals surface area contributed by atoms with Crippen LogP contribution in [0.3, 0.4) is 0 Å². The summed E-state index contributed by atoms with van der Waals surface area (Å²) in [6.45, 7) is 3.82. The van der Waals surface area contributed by atoms with Crippen LogP contribution in [-0.2, 0) is 4.74 Å². The Morgan fingerprint density at radius 1 is 1.00 bits per heavy atom. The molecule has 0 bridgehead atoms. The molecule has 104 valence electrons. The highest BCUT2D eigenvalue weighted by Crippen LogP contribution is 2.42. The van der Waals surface area contributed by atoms with Gasteiger partial charge in [0.15, 0.2) is 6.17 Å². The second-order valence-electron chi connectivity index (χ2n) is 5.81. The summed E-state index contributed by atoms with van der Waals surface area (Å²) in [5.41, 5.74) is 0. The van der Waals surface area contributed by atoms with Gasteiger partial charge in [-0.25, -0.2) is 8.78 Å². The number of alkyl halides is 2. The van der Waals surface area contributed by atoms with E-state index in [0.29, 0.717) is 18.3 Å². The van der Waals surface area contributed by atoms with Crippen molar-refractivity contribution in [3.05, 3.63) is 12.7 Å². The van der Waals surface area contributed by atoms with E-state index >= 15 is 0 Å². The van der Waals surface area contributed by atoms with Crippen molar-refractivity contribution in [1.29, 1.82) is 0 Å². The van der Waals surface area contributed by atoms with Gasteiger partial charge in [0, 0.05) is 7.11 Å². The number of rotatable bonds is 3. The maximum atomic E-state index is 14.2. The van der Waals surface area contributed by atoms with Gasteiger partial charge in [-0.1, -0.05) is 6.08 Å². The summed E-state index contributed by atoms with van der Waals surface area (Å²) in [6.07, 6.45) is 4.32. The van der Waals surface area contributed by atoms with Crippen molar-refractivity contribution >= 4 is 0 Å². The molecule has 3 heteroatoms. The second kappa shape index (κ2) is 6.14. The molecule has 2 saturated carbocycles.